The molecule has 0 bridgehead atoms. The van der Waals surface area contributed by atoms with Crippen LogP contribution in [0.5, 0.6) is 0 Å². The quantitative estimate of drug-likeness (QED) is 0.619. The number of ether oxygens (including phenoxy) is 1. The first-order valence-corrected chi connectivity index (χ1v) is 6.40. The van der Waals surface area contributed by atoms with E-state index in [0.717, 1.165) is 5.56 Å². The van der Waals surface area contributed by atoms with Gasteiger partial charge in [-0.15, -0.1) is 0 Å². The van der Waals surface area contributed by atoms with Gasteiger partial charge in [0.05, 0.1) is 12.6 Å². The molecule has 0 radical (unpaired) electrons. The van der Waals surface area contributed by atoms with Crippen molar-refractivity contribution < 1.29 is 9.53 Å². The summed E-state index contributed by atoms with van der Waals surface area (Å²) in [6.45, 7) is 4.12. The highest BCUT2D eigenvalue weighted by molar-refractivity contribution is 6.23. The van der Waals surface area contributed by atoms with E-state index in [2.05, 4.69) is 23.2 Å². The predicted molar refractivity (Wildman–Crippen MR) is 77.5 cm³/mol. The molecule has 0 aliphatic rings. The van der Waals surface area contributed by atoms with E-state index in [9.17, 15) is 4.79 Å². The molecular weight excluding hydrogens is 238 g/mol. The van der Waals surface area contributed by atoms with Crippen LogP contribution in [0.1, 0.15) is 25.5 Å². The molecular formula is C16H17NO2. The van der Waals surface area contributed by atoms with Gasteiger partial charge in [0.15, 0.2) is 0 Å². The van der Waals surface area contributed by atoms with Crippen molar-refractivity contribution in [3.8, 4) is 0 Å². The first kappa shape index (κ1) is 13.3. The number of fused-ring (bicyclic) bond motifs is 1. The lowest BCUT2D eigenvalue weighted by Crippen LogP contribution is -2.05. The second-order valence-electron chi connectivity index (χ2n) is 4.27. The minimum atomic E-state index is -0.394. The number of carbonyl (C=O) groups is 1. The SMILES string of the molecule is CCOC(=O)C=NC(C)c1cccc2ccccc12. The Morgan fingerprint density at radius 2 is 2.00 bits per heavy atom. The molecule has 98 valence electrons. The molecule has 2 aromatic rings. The average Bonchev–Trinajstić information content (AvgIpc) is 2.44. The molecule has 0 N–H and O–H groups in total. The maximum absolute atomic E-state index is 11.3. The smallest absolute Gasteiger partial charge is 0.348 e. The maximum Gasteiger partial charge on any atom is 0.348 e. The van der Waals surface area contributed by atoms with Gasteiger partial charge in [0.1, 0.15) is 6.21 Å². The third-order valence-electron chi connectivity index (χ3n) is 2.96. The summed E-state index contributed by atoms with van der Waals surface area (Å²) in [6, 6.07) is 14.2. The largest absolute Gasteiger partial charge is 0.462 e. The zero-order valence-corrected chi connectivity index (χ0v) is 11.2. The Bertz CT molecular complexity index is 599. The number of esters is 1. The third-order valence-corrected chi connectivity index (χ3v) is 2.96. The maximum atomic E-state index is 11.3. The van der Waals surface area contributed by atoms with Crippen molar-refractivity contribution in [1.82, 2.24) is 0 Å². The molecule has 0 aromatic heterocycles. The van der Waals surface area contributed by atoms with Crippen molar-refractivity contribution >= 4 is 23.0 Å². The standard InChI is InChI=1S/C16H17NO2/c1-3-19-16(18)11-17-12(2)14-10-6-8-13-7-4-5-9-15(13)14/h4-12H,3H2,1-2H3. The first-order chi connectivity index (χ1) is 9.22. The van der Waals surface area contributed by atoms with Crippen molar-refractivity contribution in [1.29, 1.82) is 0 Å². The van der Waals surface area contributed by atoms with E-state index >= 15 is 0 Å². The molecule has 0 saturated heterocycles. The van der Waals surface area contributed by atoms with Crippen LogP contribution in [-0.2, 0) is 9.53 Å². The molecule has 0 saturated carbocycles. The third kappa shape index (κ3) is 3.19. The second-order valence-corrected chi connectivity index (χ2v) is 4.27. The fourth-order valence-corrected chi connectivity index (χ4v) is 2.05. The molecule has 0 spiro atoms. The van der Waals surface area contributed by atoms with Crippen molar-refractivity contribution in [3.05, 3.63) is 48.0 Å². The van der Waals surface area contributed by atoms with Gasteiger partial charge in [-0.25, -0.2) is 4.79 Å². The van der Waals surface area contributed by atoms with Crippen LogP contribution in [-0.4, -0.2) is 18.8 Å². The minimum absolute atomic E-state index is 0.0736. The van der Waals surface area contributed by atoms with Gasteiger partial charge in [0, 0.05) is 0 Å². The number of nitrogens with zero attached hydrogens (tertiary/aromatic N) is 1. The van der Waals surface area contributed by atoms with Crippen molar-refractivity contribution in [2.75, 3.05) is 6.61 Å². The molecule has 3 nitrogen and oxygen atoms in total. The highest BCUT2D eigenvalue weighted by Crippen LogP contribution is 2.25. The van der Waals surface area contributed by atoms with Crippen molar-refractivity contribution in [2.45, 2.75) is 19.9 Å². The van der Waals surface area contributed by atoms with Crippen LogP contribution in [0.2, 0.25) is 0 Å². The molecule has 19 heavy (non-hydrogen) atoms. The minimum Gasteiger partial charge on any atom is -0.462 e. The Kier molecular flexibility index (Phi) is 4.29. The zero-order valence-electron chi connectivity index (χ0n) is 11.2. The van der Waals surface area contributed by atoms with Gasteiger partial charge < -0.3 is 4.74 Å². The topological polar surface area (TPSA) is 38.7 Å². The molecule has 0 heterocycles. The fraction of sp³-hybridized carbons (Fsp3) is 0.250. The van der Waals surface area contributed by atoms with E-state index in [1.165, 1.54) is 17.0 Å². The summed E-state index contributed by atoms with van der Waals surface area (Å²) in [5.41, 5.74) is 1.11. The number of benzene rings is 2. The fourth-order valence-electron chi connectivity index (χ4n) is 2.05. The molecule has 2 aromatic carbocycles. The van der Waals surface area contributed by atoms with Crippen LogP contribution in [0.4, 0.5) is 0 Å². The molecule has 1 atom stereocenters. The molecule has 0 aliphatic heterocycles. The van der Waals surface area contributed by atoms with Gasteiger partial charge >= 0.3 is 5.97 Å². The van der Waals surface area contributed by atoms with Gasteiger partial charge in [0.25, 0.3) is 0 Å². The summed E-state index contributed by atoms with van der Waals surface area (Å²) in [5, 5.41) is 2.34. The number of rotatable bonds is 4. The monoisotopic (exact) mass is 255 g/mol. The van der Waals surface area contributed by atoms with Gasteiger partial charge in [-0.3, -0.25) is 4.99 Å². The molecule has 1 unspecified atom stereocenters. The Hall–Kier alpha value is -2.16. The zero-order chi connectivity index (χ0) is 13.7. The number of carbonyl (C=O) groups excluding carboxylic acids is 1. The van der Waals surface area contributed by atoms with Crippen LogP contribution in [0.15, 0.2) is 47.5 Å². The normalized spacial score (nSPS) is 12.7. The lowest BCUT2D eigenvalue weighted by atomic mass is 10.0. The van der Waals surface area contributed by atoms with E-state index in [1.54, 1.807) is 6.92 Å². The average molecular weight is 255 g/mol. The summed E-state index contributed by atoms with van der Waals surface area (Å²) in [5.74, 6) is -0.394. The second kappa shape index (κ2) is 6.14. The molecule has 0 aliphatic carbocycles. The van der Waals surface area contributed by atoms with Crippen LogP contribution in [0, 0.1) is 0 Å². The van der Waals surface area contributed by atoms with E-state index < -0.39 is 5.97 Å². The van der Waals surface area contributed by atoms with Crippen LogP contribution in [0.25, 0.3) is 10.8 Å². The van der Waals surface area contributed by atoms with E-state index in [4.69, 9.17) is 4.74 Å². The summed E-state index contributed by atoms with van der Waals surface area (Å²) >= 11 is 0. The van der Waals surface area contributed by atoms with Crippen LogP contribution >= 0.6 is 0 Å². The van der Waals surface area contributed by atoms with Gasteiger partial charge in [0.2, 0.25) is 0 Å². The van der Waals surface area contributed by atoms with E-state index in [1.807, 2.05) is 31.2 Å². The summed E-state index contributed by atoms with van der Waals surface area (Å²) in [7, 11) is 0. The summed E-state index contributed by atoms with van der Waals surface area (Å²) < 4.78 is 4.83. The Labute approximate surface area is 112 Å². The van der Waals surface area contributed by atoms with Crippen LogP contribution in [0.3, 0.4) is 0 Å². The van der Waals surface area contributed by atoms with Gasteiger partial charge in [-0.05, 0) is 30.2 Å². The van der Waals surface area contributed by atoms with E-state index in [0.29, 0.717) is 6.61 Å². The van der Waals surface area contributed by atoms with Crippen LogP contribution < -0.4 is 0 Å². The molecule has 0 fully saturated rings. The number of hydrogen-bond acceptors (Lipinski definition) is 3. The van der Waals surface area contributed by atoms with Crippen molar-refractivity contribution in [3.63, 3.8) is 0 Å². The summed E-state index contributed by atoms with van der Waals surface area (Å²) in [4.78, 5) is 15.5. The highest BCUT2D eigenvalue weighted by Gasteiger charge is 2.07. The number of hydrogen-bond donors (Lipinski definition) is 0. The predicted octanol–water partition coefficient (Wildman–Crippen LogP) is 3.53. The van der Waals surface area contributed by atoms with E-state index in [-0.39, 0.29) is 6.04 Å². The first-order valence-electron chi connectivity index (χ1n) is 6.40. The van der Waals surface area contributed by atoms with Crippen molar-refractivity contribution in [2.24, 2.45) is 4.99 Å². The Morgan fingerprint density at radius 3 is 2.79 bits per heavy atom. The summed E-state index contributed by atoms with van der Waals surface area (Å²) in [6.07, 6.45) is 1.26. The highest BCUT2D eigenvalue weighted by atomic mass is 16.5. The molecule has 2 rings (SSSR count). The van der Waals surface area contributed by atoms with Gasteiger partial charge in [-0.1, -0.05) is 42.5 Å². The Balaban J connectivity index is 2.26. The van der Waals surface area contributed by atoms with Gasteiger partial charge in [-0.2, -0.15) is 0 Å². The lowest BCUT2D eigenvalue weighted by molar-refractivity contribution is -0.134. The number of aliphatic imine (C=N–C) groups is 1. The molecule has 3 heteroatoms. The Morgan fingerprint density at radius 1 is 1.26 bits per heavy atom. The lowest BCUT2D eigenvalue weighted by Gasteiger charge is -2.10. The molecule has 0 amide bonds.